The lowest BCUT2D eigenvalue weighted by molar-refractivity contribution is -0.121. The van der Waals surface area contributed by atoms with Crippen LogP contribution >= 0.6 is 11.3 Å². The molecule has 1 aliphatic heterocycles. The van der Waals surface area contributed by atoms with Crippen LogP contribution in [0.15, 0.2) is 66.0 Å². The molecule has 0 aliphatic carbocycles. The summed E-state index contributed by atoms with van der Waals surface area (Å²) in [4.78, 5) is 13.8. The van der Waals surface area contributed by atoms with Gasteiger partial charge in [-0.3, -0.25) is 10.1 Å². The van der Waals surface area contributed by atoms with Crippen LogP contribution in [-0.4, -0.2) is 25.7 Å². The number of hydrogen-bond acceptors (Lipinski definition) is 5. The van der Waals surface area contributed by atoms with E-state index < -0.39 is 0 Å². The minimum Gasteiger partial charge on any atom is -0.486 e. The van der Waals surface area contributed by atoms with Gasteiger partial charge in [0.05, 0.1) is 18.6 Å². The van der Waals surface area contributed by atoms with Crippen molar-refractivity contribution in [1.29, 1.82) is 0 Å². The summed E-state index contributed by atoms with van der Waals surface area (Å²) in [5, 5.41) is 8.51. The molecule has 3 aromatic rings. The van der Waals surface area contributed by atoms with E-state index in [-0.39, 0.29) is 24.5 Å². The van der Waals surface area contributed by atoms with E-state index in [2.05, 4.69) is 34.2 Å². The molecule has 29 heavy (non-hydrogen) atoms. The zero-order valence-electron chi connectivity index (χ0n) is 16.3. The summed E-state index contributed by atoms with van der Waals surface area (Å²) in [6.45, 7) is 3.31. The highest BCUT2D eigenvalue weighted by atomic mass is 32.1. The fourth-order valence-electron chi connectivity index (χ4n) is 3.38. The molecule has 0 bridgehead atoms. The van der Waals surface area contributed by atoms with Crippen LogP contribution in [0.5, 0.6) is 11.5 Å². The number of thiophene rings is 1. The van der Waals surface area contributed by atoms with Gasteiger partial charge >= 0.3 is 0 Å². The molecule has 4 rings (SSSR count). The molecule has 0 radical (unpaired) electrons. The van der Waals surface area contributed by atoms with Gasteiger partial charge in [0, 0.05) is 4.88 Å². The van der Waals surface area contributed by atoms with E-state index >= 15 is 0 Å². The predicted octanol–water partition coefficient (Wildman–Crippen LogP) is 4.08. The van der Waals surface area contributed by atoms with Gasteiger partial charge in [-0.25, -0.2) is 0 Å². The Labute approximate surface area is 174 Å². The second-order valence-corrected chi connectivity index (χ2v) is 7.91. The van der Waals surface area contributed by atoms with Crippen LogP contribution in [0.4, 0.5) is 0 Å². The standard InChI is InChI=1S/C23H24N2O3S/c1-16(18-9-10-19-20(14-18)28-12-11-27-19)25-22(26)15-24-23(21-8-5-13-29-21)17-6-3-2-4-7-17/h2-10,13-14,16,23-24H,11-12,15H2,1H3,(H,25,26)/t16-,23+/m0/s1. The largest absolute Gasteiger partial charge is 0.486 e. The number of carbonyl (C=O) groups excluding carboxylic acids is 1. The SMILES string of the molecule is C[C@H](NC(=O)CN[C@H](c1ccccc1)c1cccs1)c1ccc2c(c1)OCCO2. The molecule has 2 heterocycles. The van der Waals surface area contributed by atoms with Crippen molar-refractivity contribution in [3.8, 4) is 11.5 Å². The van der Waals surface area contributed by atoms with Gasteiger partial charge in [0.25, 0.3) is 0 Å². The van der Waals surface area contributed by atoms with Crippen molar-refractivity contribution in [2.24, 2.45) is 0 Å². The first-order valence-corrected chi connectivity index (χ1v) is 10.6. The van der Waals surface area contributed by atoms with Crippen molar-refractivity contribution >= 4 is 17.2 Å². The lowest BCUT2D eigenvalue weighted by Crippen LogP contribution is -2.37. The predicted molar refractivity (Wildman–Crippen MR) is 115 cm³/mol. The maximum absolute atomic E-state index is 12.6. The van der Waals surface area contributed by atoms with Gasteiger partial charge in [-0.05, 0) is 41.6 Å². The van der Waals surface area contributed by atoms with E-state index in [1.54, 1.807) is 11.3 Å². The van der Waals surface area contributed by atoms with Crippen LogP contribution in [0.1, 0.15) is 35.0 Å². The lowest BCUT2D eigenvalue weighted by atomic mass is 10.1. The van der Waals surface area contributed by atoms with Crippen LogP contribution in [0.3, 0.4) is 0 Å². The minimum absolute atomic E-state index is 0.00782. The van der Waals surface area contributed by atoms with Crippen molar-refractivity contribution in [3.05, 3.63) is 82.0 Å². The maximum atomic E-state index is 12.6. The van der Waals surface area contributed by atoms with E-state index in [9.17, 15) is 4.79 Å². The second-order valence-electron chi connectivity index (χ2n) is 6.93. The molecule has 5 nitrogen and oxygen atoms in total. The normalized spacial score (nSPS) is 14.8. The van der Waals surface area contributed by atoms with Gasteiger partial charge in [0.15, 0.2) is 11.5 Å². The van der Waals surface area contributed by atoms with Gasteiger partial charge < -0.3 is 14.8 Å². The van der Waals surface area contributed by atoms with Crippen LogP contribution in [0.25, 0.3) is 0 Å². The van der Waals surface area contributed by atoms with E-state index in [4.69, 9.17) is 9.47 Å². The molecule has 0 saturated heterocycles. The highest BCUT2D eigenvalue weighted by Gasteiger charge is 2.18. The summed E-state index contributed by atoms with van der Waals surface area (Å²) in [5.41, 5.74) is 2.13. The first-order valence-electron chi connectivity index (χ1n) is 9.71. The summed E-state index contributed by atoms with van der Waals surface area (Å²) in [7, 11) is 0. The van der Waals surface area contributed by atoms with Gasteiger partial charge in [-0.1, -0.05) is 42.5 Å². The molecule has 1 aliphatic rings. The molecule has 2 N–H and O–H groups in total. The van der Waals surface area contributed by atoms with Gasteiger partial charge in [0.2, 0.25) is 5.91 Å². The Kier molecular flexibility index (Phi) is 6.12. The zero-order valence-corrected chi connectivity index (χ0v) is 17.1. The first-order chi connectivity index (χ1) is 14.2. The highest BCUT2D eigenvalue weighted by molar-refractivity contribution is 7.10. The number of hydrogen-bond donors (Lipinski definition) is 2. The number of benzene rings is 2. The van der Waals surface area contributed by atoms with Crippen LogP contribution in [0, 0.1) is 0 Å². The zero-order chi connectivity index (χ0) is 20.1. The third-order valence-corrected chi connectivity index (χ3v) is 5.81. The highest BCUT2D eigenvalue weighted by Crippen LogP contribution is 2.32. The third-order valence-electron chi connectivity index (χ3n) is 4.87. The Hall–Kier alpha value is -2.83. The Morgan fingerprint density at radius 3 is 2.55 bits per heavy atom. The topological polar surface area (TPSA) is 59.6 Å². The Morgan fingerprint density at radius 1 is 1.00 bits per heavy atom. The smallest absolute Gasteiger partial charge is 0.234 e. The summed E-state index contributed by atoms with van der Waals surface area (Å²) in [6.07, 6.45) is 0. The molecule has 0 saturated carbocycles. The van der Waals surface area contributed by atoms with E-state index in [0.717, 1.165) is 22.6 Å². The molecule has 0 fully saturated rings. The van der Waals surface area contributed by atoms with Crippen molar-refractivity contribution in [1.82, 2.24) is 10.6 Å². The van der Waals surface area contributed by atoms with Crippen molar-refractivity contribution in [2.75, 3.05) is 19.8 Å². The molecule has 1 aromatic heterocycles. The molecule has 0 spiro atoms. The molecule has 2 aromatic carbocycles. The monoisotopic (exact) mass is 408 g/mol. The Balaban J connectivity index is 1.38. The fraction of sp³-hybridized carbons (Fsp3) is 0.261. The lowest BCUT2D eigenvalue weighted by Gasteiger charge is -2.22. The van der Waals surface area contributed by atoms with E-state index in [1.165, 1.54) is 4.88 Å². The van der Waals surface area contributed by atoms with Crippen LogP contribution < -0.4 is 20.1 Å². The van der Waals surface area contributed by atoms with Crippen molar-refractivity contribution in [3.63, 3.8) is 0 Å². The maximum Gasteiger partial charge on any atom is 0.234 e. The number of carbonyl (C=O) groups is 1. The molecule has 150 valence electrons. The average Bonchev–Trinajstić information content (AvgIpc) is 3.29. The Morgan fingerprint density at radius 2 is 1.79 bits per heavy atom. The third kappa shape index (κ3) is 4.78. The first kappa shape index (κ1) is 19.5. The fourth-order valence-corrected chi connectivity index (χ4v) is 4.21. The molecular weight excluding hydrogens is 384 g/mol. The number of nitrogens with one attached hydrogen (secondary N) is 2. The molecule has 1 amide bonds. The van der Waals surface area contributed by atoms with Crippen LogP contribution in [-0.2, 0) is 4.79 Å². The van der Waals surface area contributed by atoms with Crippen LogP contribution in [0.2, 0.25) is 0 Å². The number of rotatable bonds is 7. The number of amides is 1. The minimum atomic E-state index is -0.128. The van der Waals surface area contributed by atoms with Gasteiger partial charge in [-0.15, -0.1) is 11.3 Å². The van der Waals surface area contributed by atoms with Crippen molar-refractivity contribution < 1.29 is 14.3 Å². The summed E-state index contributed by atoms with van der Waals surface area (Å²) in [6, 6.07) is 20.0. The van der Waals surface area contributed by atoms with E-state index in [0.29, 0.717) is 13.2 Å². The van der Waals surface area contributed by atoms with Crippen molar-refractivity contribution in [2.45, 2.75) is 19.0 Å². The second kappa shape index (κ2) is 9.11. The number of ether oxygens (including phenoxy) is 2. The summed E-state index contributed by atoms with van der Waals surface area (Å²) in [5.74, 6) is 1.43. The van der Waals surface area contributed by atoms with E-state index in [1.807, 2.05) is 49.4 Å². The molecule has 2 atom stereocenters. The summed E-state index contributed by atoms with van der Waals surface area (Å²) < 4.78 is 11.2. The Bertz CT molecular complexity index is 944. The number of fused-ring (bicyclic) bond motifs is 1. The van der Waals surface area contributed by atoms with Gasteiger partial charge in [-0.2, -0.15) is 0 Å². The summed E-state index contributed by atoms with van der Waals surface area (Å²) >= 11 is 1.68. The molecule has 0 unspecified atom stereocenters. The molecule has 6 heteroatoms. The van der Waals surface area contributed by atoms with Gasteiger partial charge in [0.1, 0.15) is 13.2 Å². The average molecular weight is 409 g/mol. The quantitative estimate of drug-likeness (QED) is 0.619. The molecular formula is C23H24N2O3S.